The van der Waals surface area contributed by atoms with Gasteiger partial charge >= 0.3 is 236 Å². The van der Waals surface area contributed by atoms with E-state index in [9.17, 15) is 31.6 Å². The number of aliphatic carboxylic acids is 1. The number of unbranched alkanes of at least 4 members (excludes halogenated alkanes) is 1. The molecule has 17 heteroatoms. The maximum atomic E-state index is 12.9. The number of allylic oxidation sites excluding steroid dienone is 8. The molecule has 0 fully saturated rings. The van der Waals surface area contributed by atoms with Gasteiger partial charge in [0.1, 0.15) is 0 Å². The molecule has 0 saturated carbocycles. The van der Waals surface area contributed by atoms with Crippen molar-refractivity contribution in [2.24, 2.45) is 5.92 Å². The van der Waals surface area contributed by atoms with Crippen molar-refractivity contribution in [2.45, 2.75) is 61.3 Å². The molecule has 3 aliphatic rings. The Kier molecular flexibility index (Phi) is 13.7. The van der Waals surface area contributed by atoms with Crippen LogP contribution < -0.4 is 19.5 Å². The van der Waals surface area contributed by atoms with Crippen LogP contribution in [0.3, 0.4) is 0 Å². The van der Waals surface area contributed by atoms with E-state index in [0.29, 0.717) is 35.4 Å². The van der Waals surface area contributed by atoms with E-state index in [-0.39, 0.29) is 27.5 Å². The summed E-state index contributed by atoms with van der Waals surface area (Å²) >= 11 is 1.09. The third-order valence-corrected chi connectivity index (χ3v) is 14.1. The molecule has 2 N–H and O–H groups in total. The number of aromatic nitrogens is 1. The second kappa shape index (κ2) is 18.4. The number of nitrogens with zero attached hydrogens (tertiary/aromatic N) is 2. The first-order valence-electron chi connectivity index (χ1n) is 17.9. The summed E-state index contributed by atoms with van der Waals surface area (Å²) in [6.07, 6.45) is 17.6. The molecule has 296 valence electrons. The number of hydrogen-bond acceptors (Lipinski definition) is 11. The summed E-state index contributed by atoms with van der Waals surface area (Å²) < 4.78 is 61.0. The topological polar surface area (TPSA) is 183 Å². The van der Waals surface area contributed by atoms with Crippen LogP contribution in [0.15, 0.2) is 99.2 Å². The molecule has 2 atom stereocenters. The fraction of sp³-hybridized carbons (Fsp3) is 0.333. The Balaban J connectivity index is 1.23. The van der Waals surface area contributed by atoms with Gasteiger partial charge in [0.05, 0.1) is 15.8 Å². The van der Waals surface area contributed by atoms with Crippen molar-refractivity contribution in [1.82, 2.24) is 5.32 Å². The van der Waals surface area contributed by atoms with Crippen LogP contribution in [-0.2, 0) is 46.0 Å². The quantitative estimate of drug-likeness (QED) is 0.0534. The number of carboxylic acids is 1. The van der Waals surface area contributed by atoms with Crippen molar-refractivity contribution in [3.05, 3.63) is 93.9 Å². The van der Waals surface area contributed by atoms with Crippen molar-refractivity contribution >= 4 is 86.8 Å². The van der Waals surface area contributed by atoms with Gasteiger partial charge in [-0.05, 0) is 31.0 Å². The van der Waals surface area contributed by atoms with E-state index in [2.05, 4.69) is 29.6 Å². The fourth-order valence-electron chi connectivity index (χ4n) is 6.85. The van der Waals surface area contributed by atoms with E-state index in [1.807, 2.05) is 45.9 Å². The van der Waals surface area contributed by atoms with Crippen molar-refractivity contribution in [1.29, 1.82) is 0 Å². The Morgan fingerprint density at radius 3 is 2.70 bits per heavy atom. The molecule has 0 bridgehead atoms. The molecule has 6 rings (SSSR count). The molecule has 0 radical (unpaired) electrons. The second-order valence-electron chi connectivity index (χ2n) is 13.5. The van der Waals surface area contributed by atoms with Gasteiger partial charge in [0, 0.05) is 34.2 Å². The first-order chi connectivity index (χ1) is 26.8. The summed E-state index contributed by atoms with van der Waals surface area (Å²) in [4.78, 5) is 39.4. The van der Waals surface area contributed by atoms with Crippen molar-refractivity contribution in [2.75, 3.05) is 30.6 Å². The first kappa shape index (κ1) is 41.5. The molecule has 2 unspecified atom stereocenters. The van der Waals surface area contributed by atoms with Crippen LogP contribution in [0.25, 0.3) is 15.9 Å². The number of carbonyl (C=O) groups is 3. The van der Waals surface area contributed by atoms with Crippen molar-refractivity contribution in [3.8, 4) is 5.75 Å². The molecular formula is C39H41N3O10S3Se. The number of hydrogen-bond donors (Lipinski definition) is 2. The Bertz CT molecular complexity index is 2350. The molecule has 2 aromatic carbocycles. The van der Waals surface area contributed by atoms with Crippen LogP contribution in [0.4, 0.5) is 5.69 Å². The minimum atomic E-state index is -4.31. The second-order valence-corrected chi connectivity index (χ2v) is 19.6. The van der Waals surface area contributed by atoms with E-state index in [0.717, 1.165) is 61.8 Å². The number of amides is 2. The molecule has 0 spiro atoms. The molecule has 0 saturated heterocycles. The zero-order valence-electron chi connectivity index (χ0n) is 30.7. The Labute approximate surface area is 338 Å². The van der Waals surface area contributed by atoms with E-state index in [1.165, 1.54) is 17.6 Å². The number of imide groups is 1. The van der Waals surface area contributed by atoms with Gasteiger partial charge in [-0.1, -0.05) is 0 Å². The van der Waals surface area contributed by atoms with Crippen LogP contribution in [0.1, 0.15) is 49.5 Å². The van der Waals surface area contributed by atoms with E-state index in [1.54, 1.807) is 25.5 Å². The van der Waals surface area contributed by atoms with Gasteiger partial charge in [0.25, 0.3) is 0 Å². The Hall–Kier alpha value is -4.09. The number of ether oxygens (including phenoxy) is 1. The Morgan fingerprint density at radius 2 is 1.95 bits per heavy atom. The predicted molar refractivity (Wildman–Crippen MR) is 213 cm³/mol. The molecular weight excluding hydrogens is 846 g/mol. The molecule has 2 aliphatic carbocycles. The molecule has 2 heterocycles. The van der Waals surface area contributed by atoms with Crippen molar-refractivity contribution < 1.29 is 50.2 Å². The van der Waals surface area contributed by atoms with E-state index >= 15 is 0 Å². The third kappa shape index (κ3) is 10.8. The van der Waals surface area contributed by atoms with E-state index < -0.39 is 50.9 Å². The summed E-state index contributed by atoms with van der Waals surface area (Å²) in [5, 5.41) is 11.2. The summed E-state index contributed by atoms with van der Waals surface area (Å²) in [6, 6.07) is 11.3. The van der Waals surface area contributed by atoms with Gasteiger partial charge in [-0.25, -0.2) is 8.42 Å². The summed E-state index contributed by atoms with van der Waals surface area (Å²) in [6.45, 7) is 0.273. The van der Waals surface area contributed by atoms with Crippen LogP contribution in [0, 0.1) is 5.92 Å². The fourth-order valence-corrected chi connectivity index (χ4v) is 10.8. The summed E-state index contributed by atoms with van der Waals surface area (Å²) in [5.41, 5.74) is 5.09. The number of benzene rings is 2. The summed E-state index contributed by atoms with van der Waals surface area (Å²) in [7, 11) is -3.94. The number of nitrogens with one attached hydrogen (secondary N) is 1. The van der Waals surface area contributed by atoms with Gasteiger partial charge in [-0.3, -0.25) is 4.21 Å². The molecule has 3 aromatic rings. The minimum absolute atomic E-state index is 0.123. The van der Waals surface area contributed by atoms with Crippen molar-refractivity contribution in [3.63, 3.8) is 0 Å². The average Bonchev–Trinajstić information content (AvgIpc) is 3.65. The van der Waals surface area contributed by atoms with Crippen LogP contribution in [0.5, 0.6) is 5.75 Å². The van der Waals surface area contributed by atoms with Gasteiger partial charge in [-0.2, -0.15) is 0 Å². The Morgan fingerprint density at radius 1 is 1.14 bits per heavy atom. The SMILES string of the molecule is COSc1ccc2[se]c(/C=C3/C=C4C=C(/C=C/C=C5\Oc6ccc(S(C)=O)cc6N5CCCCS(=O)(=O)[O-])CCC4CC3)[n+](CC(=O)NC(=O)CC(=O)O)c2c1. The standard InChI is InChI=1S/C39H41N3O10S3Se/c1-51-53-29-12-15-34-32(21-29)42(24-36(44)40-35(43)23-39(45)46)38(56-34)20-26-9-11-27-10-8-25(18-28(27)19-26)6-5-7-37-41(16-3-4-17-55(48,49)50)31-22-30(54(2)47)13-14-33(31)52-37/h5-7,12-15,18-22,27H,3-4,8-11,16-17,23-24H2,1-2H3,(H2-,40,43,44,45,46,48,49,50). The number of anilines is 1. The third-order valence-electron chi connectivity index (χ3n) is 9.43. The zero-order chi connectivity index (χ0) is 40.0. The van der Waals surface area contributed by atoms with Crippen LogP contribution in [-0.4, -0.2) is 80.2 Å². The molecule has 56 heavy (non-hydrogen) atoms. The molecule has 1 aliphatic heterocycles. The maximum absolute atomic E-state index is 12.9. The van der Waals surface area contributed by atoms with Crippen LogP contribution in [0.2, 0.25) is 0 Å². The van der Waals surface area contributed by atoms with Crippen LogP contribution >= 0.6 is 12.0 Å². The van der Waals surface area contributed by atoms with Gasteiger partial charge in [-0.15, -0.1) is 0 Å². The monoisotopic (exact) mass is 887 g/mol. The van der Waals surface area contributed by atoms with Gasteiger partial charge in [0.15, 0.2) is 5.75 Å². The molecule has 13 nitrogen and oxygen atoms in total. The van der Waals surface area contributed by atoms with Gasteiger partial charge in [0.2, 0.25) is 0 Å². The normalized spacial score (nSPS) is 18.8. The number of rotatable bonds is 15. The first-order valence-corrected chi connectivity index (χ1v) is 23.4. The predicted octanol–water partition coefficient (Wildman–Crippen LogP) is 4.75. The zero-order valence-corrected chi connectivity index (χ0v) is 34.9. The number of carbonyl (C=O) groups excluding carboxylic acids is 2. The van der Waals surface area contributed by atoms with E-state index in [4.69, 9.17) is 14.0 Å². The molecule has 1 aromatic heterocycles. The average molecular weight is 887 g/mol. The van der Waals surface area contributed by atoms with Gasteiger partial charge < -0.3 is 4.55 Å². The summed E-state index contributed by atoms with van der Waals surface area (Å²) in [5.74, 6) is -1.63. The number of fused-ring (bicyclic) bond motifs is 3. The molecule has 2 amide bonds. The number of carboxylic acid groups (broad SMARTS) is 1.